The van der Waals surface area contributed by atoms with Crippen molar-refractivity contribution >= 4 is 42.5 Å². The third-order valence-electron chi connectivity index (χ3n) is 2.53. The summed E-state index contributed by atoms with van der Waals surface area (Å²) in [6, 6.07) is 0. The molecule has 15 heavy (non-hydrogen) atoms. The number of carbonyl (C=O) groups excluding carboxylic acids is 4. The van der Waals surface area contributed by atoms with Crippen LogP contribution in [-0.4, -0.2) is 32.1 Å². The molecule has 1 fully saturated rings. The summed E-state index contributed by atoms with van der Waals surface area (Å²) in [5.41, 5.74) is 2.68. The highest BCUT2D eigenvalue weighted by atomic mass is 32.4. The van der Waals surface area contributed by atoms with Crippen LogP contribution in [0.4, 0.5) is 0 Å². The zero-order valence-corrected chi connectivity index (χ0v) is 10.3. The van der Waals surface area contributed by atoms with E-state index in [4.69, 9.17) is 0 Å². The summed E-state index contributed by atoms with van der Waals surface area (Å²) >= 11 is 0. The van der Waals surface area contributed by atoms with Crippen LogP contribution in [0.15, 0.2) is 0 Å². The minimum atomic E-state index is -2.03. The fourth-order valence-corrected chi connectivity index (χ4v) is 12.1. The van der Waals surface area contributed by atoms with Gasteiger partial charge in [0, 0.05) is 9.67 Å². The van der Waals surface area contributed by atoms with Gasteiger partial charge in [0.1, 0.15) is 0 Å². The molecule has 0 aromatic heterocycles. The van der Waals surface area contributed by atoms with E-state index in [2.05, 4.69) is 0 Å². The Bertz CT molecular complexity index is 271. The minimum absolute atomic E-state index is 0.00884. The molecule has 1 rings (SSSR count). The lowest BCUT2D eigenvalue weighted by Crippen LogP contribution is -2.46. The molecule has 0 radical (unpaired) electrons. The molecule has 0 amide bonds. The van der Waals surface area contributed by atoms with Crippen molar-refractivity contribution in [2.24, 2.45) is 5.92 Å². The molecule has 0 aromatic carbocycles. The van der Waals surface area contributed by atoms with E-state index < -0.39 is 20.1 Å². The molecule has 0 aliphatic carbocycles. The minimum Gasteiger partial charge on any atom is -0.292 e. The molecule has 0 saturated carbocycles. The van der Waals surface area contributed by atoms with E-state index in [0.717, 1.165) is 0 Å². The van der Waals surface area contributed by atoms with Crippen LogP contribution in [0, 0.1) is 5.92 Å². The van der Waals surface area contributed by atoms with Gasteiger partial charge >= 0.3 is 0 Å². The number of carbonyl (C=O) groups is 4. The lowest BCUT2D eigenvalue weighted by atomic mass is 10.3. The van der Waals surface area contributed by atoms with Gasteiger partial charge in [0.05, 0.1) is 0 Å². The van der Waals surface area contributed by atoms with Gasteiger partial charge in [-0.2, -0.15) is 0 Å². The van der Waals surface area contributed by atoms with E-state index in [1.165, 1.54) is 0 Å². The van der Waals surface area contributed by atoms with Gasteiger partial charge in [-0.1, -0.05) is 13.8 Å². The van der Waals surface area contributed by atoms with Gasteiger partial charge in [0.2, 0.25) is 0 Å². The lowest BCUT2D eigenvalue weighted by Gasteiger charge is -2.60. The Labute approximate surface area is 91.4 Å². The normalized spacial score (nSPS) is 27.1. The molecule has 0 spiro atoms. The van der Waals surface area contributed by atoms with Crippen molar-refractivity contribution in [1.29, 1.82) is 0 Å². The van der Waals surface area contributed by atoms with E-state index in [1.807, 2.05) is 13.8 Å². The average Bonchev–Trinajstić information content (AvgIpc) is 2.19. The standard InChI is InChI=1S/C9H14O4S2/c1-8(2)9-14(3-10,4-11)7-15(9,5-12)6-13/h3-6,8-9H,7H2,1-2H3. The van der Waals surface area contributed by atoms with E-state index in [0.29, 0.717) is 22.5 Å². The topological polar surface area (TPSA) is 68.3 Å². The van der Waals surface area contributed by atoms with Crippen molar-refractivity contribution in [2.75, 3.05) is 5.08 Å². The Hall–Kier alpha value is -0.620. The second-order valence-corrected chi connectivity index (χ2v) is 10.6. The highest BCUT2D eigenvalue weighted by molar-refractivity contribution is 8.80. The summed E-state index contributed by atoms with van der Waals surface area (Å²) in [6.07, 6.45) is 0. The molecule has 1 aliphatic heterocycles. The maximum atomic E-state index is 11.0. The first kappa shape index (κ1) is 12.4. The first-order valence-corrected chi connectivity index (χ1v) is 8.41. The van der Waals surface area contributed by atoms with Crippen LogP contribution in [0.2, 0.25) is 0 Å². The number of rotatable bonds is 5. The summed E-state index contributed by atoms with van der Waals surface area (Å²) in [5, 5.41) is 0.183. The van der Waals surface area contributed by atoms with E-state index in [-0.39, 0.29) is 15.6 Å². The Morgan fingerprint density at radius 2 is 1.27 bits per heavy atom. The predicted octanol–water partition coefficient (Wildman–Crippen LogP) is 1.31. The molecule has 0 atom stereocenters. The van der Waals surface area contributed by atoms with Gasteiger partial charge in [-0.15, -0.1) is 20.1 Å². The molecular formula is C9H14O4S2. The van der Waals surface area contributed by atoms with Crippen LogP contribution in [-0.2, 0) is 19.2 Å². The first-order chi connectivity index (χ1) is 7.02. The monoisotopic (exact) mass is 250 g/mol. The first-order valence-electron chi connectivity index (χ1n) is 4.42. The summed E-state index contributed by atoms with van der Waals surface area (Å²) in [5.74, 6) is 0.00884. The summed E-state index contributed by atoms with van der Waals surface area (Å²) < 4.78 is -0.338. The SMILES string of the molecule is CC(C)C1S(C=O)(C=O)CS1(C=O)C=O. The summed E-state index contributed by atoms with van der Waals surface area (Å²) in [4.78, 5) is 43.8. The maximum absolute atomic E-state index is 11.0. The summed E-state index contributed by atoms with van der Waals surface area (Å²) in [7, 11) is -4.06. The zero-order chi connectivity index (χ0) is 11.7. The van der Waals surface area contributed by atoms with E-state index in [1.54, 1.807) is 0 Å². The largest absolute Gasteiger partial charge is 0.292 e. The van der Waals surface area contributed by atoms with Gasteiger partial charge in [0.25, 0.3) is 0 Å². The average molecular weight is 250 g/mol. The van der Waals surface area contributed by atoms with Crippen LogP contribution in [0.5, 0.6) is 0 Å². The van der Waals surface area contributed by atoms with Crippen molar-refractivity contribution in [3.8, 4) is 0 Å². The van der Waals surface area contributed by atoms with Crippen LogP contribution in [0.1, 0.15) is 13.8 Å². The molecule has 0 unspecified atom stereocenters. The third kappa shape index (κ3) is 1.56. The molecule has 1 heterocycles. The number of hydrogen-bond acceptors (Lipinski definition) is 4. The molecule has 4 nitrogen and oxygen atoms in total. The van der Waals surface area contributed by atoms with Crippen molar-refractivity contribution in [3.05, 3.63) is 0 Å². The lowest BCUT2D eigenvalue weighted by molar-refractivity contribution is 0.562. The second kappa shape index (κ2) is 4.09. The molecule has 0 bridgehead atoms. The predicted molar refractivity (Wildman–Crippen MR) is 65.7 cm³/mol. The van der Waals surface area contributed by atoms with Gasteiger partial charge in [-0.3, -0.25) is 19.2 Å². The second-order valence-electron chi connectivity index (χ2n) is 3.93. The van der Waals surface area contributed by atoms with Crippen LogP contribution in [0.3, 0.4) is 0 Å². The van der Waals surface area contributed by atoms with Crippen molar-refractivity contribution < 1.29 is 19.2 Å². The zero-order valence-electron chi connectivity index (χ0n) is 8.62. The smallest absolute Gasteiger partial charge is 0.167 e. The van der Waals surface area contributed by atoms with Gasteiger partial charge in [-0.25, -0.2) is 0 Å². The van der Waals surface area contributed by atoms with Crippen molar-refractivity contribution in [1.82, 2.24) is 0 Å². The fraction of sp³-hybridized carbons (Fsp3) is 0.556. The maximum Gasteiger partial charge on any atom is 0.167 e. The molecule has 1 aliphatic rings. The Balaban J connectivity index is 3.14. The van der Waals surface area contributed by atoms with Crippen molar-refractivity contribution in [3.63, 3.8) is 0 Å². The molecule has 86 valence electrons. The Morgan fingerprint density at radius 1 is 0.933 bits per heavy atom. The highest BCUT2D eigenvalue weighted by Crippen LogP contribution is 2.80. The molecule has 0 aromatic rings. The number of hydrogen-bond donors (Lipinski definition) is 0. The fourth-order valence-electron chi connectivity index (χ4n) is 2.14. The molecular weight excluding hydrogens is 236 g/mol. The van der Waals surface area contributed by atoms with Crippen LogP contribution < -0.4 is 0 Å². The van der Waals surface area contributed by atoms with Gasteiger partial charge < -0.3 is 0 Å². The van der Waals surface area contributed by atoms with Crippen LogP contribution in [0.25, 0.3) is 0 Å². The molecule has 0 N–H and O–H groups in total. The van der Waals surface area contributed by atoms with Gasteiger partial charge in [0.15, 0.2) is 22.5 Å². The Morgan fingerprint density at radius 3 is 1.47 bits per heavy atom. The third-order valence-corrected chi connectivity index (χ3v) is 12.2. The van der Waals surface area contributed by atoms with Crippen molar-refractivity contribution in [2.45, 2.75) is 18.4 Å². The Kier molecular flexibility index (Phi) is 3.40. The van der Waals surface area contributed by atoms with Gasteiger partial charge in [-0.05, 0) is 5.92 Å². The molecule has 6 heteroatoms. The van der Waals surface area contributed by atoms with Crippen LogP contribution >= 0.6 is 20.1 Å². The van der Waals surface area contributed by atoms with E-state index >= 15 is 0 Å². The summed E-state index contributed by atoms with van der Waals surface area (Å²) in [6.45, 7) is 3.68. The van der Waals surface area contributed by atoms with E-state index in [9.17, 15) is 19.2 Å². The highest BCUT2D eigenvalue weighted by Gasteiger charge is 2.58. The quantitative estimate of drug-likeness (QED) is 0.690. The molecule has 1 saturated heterocycles.